The average molecular weight is 269 g/mol. The molecule has 0 unspecified atom stereocenters. The maximum Gasteiger partial charge on any atom is 0.419 e. The van der Waals surface area contributed by atoms with E-state index in [1.165, 1.54) is 0 Å². The molecule has 0 aromatic carbocycles. The zero-order chi connectivity index (χ0) is 13.4. The highest BCUT2D eigenvalue weighted by Crippen LogP contribution is 2.29. The molecule has 2 rings (SSSR count). The van der Waals surface area contributed by atoms with Crippen LogP contribution in [0.4, 0.5) is 22.0 Å². The van der Waals surface area contributed by atoms with Gasteiger partial charge in [-0.25, -0.2) is 18.7 Å². The molecule has 1 fully saturated rings. The second-order valence-electron chi connectivity index (χ2n) is 3.75. The van der Waals surface area contributed by atoms with E-state index in [1.807, 2.05) is 0 Å². The number of aromatic nitrogens is 2. The van der Waals surface area contributed by atoms with E-state index in [0.717, 1.165) is 0 Å². The van der Waals surface area contributed by atoms with E-state index < -0.39 is 36.3 Å². The summed E-state index contributed by atoms with van der Waals surface area (Å²) in [4.78, 5) is 6.52. The van der Waals surface area contributed by atoms with Gasteiger partial charge in [-0.2, -0.15) is 13.2 Å². The van der Waals surface area contributed by atoms with Crippen LogP contribution in [0.3, 0.4) is 0 Å². The second kappa shape index (κ2) is 4.30. The lowest BCUT2D eigenvalue weighted by Gasteiger charge is -2.18. The fraction of sp³-hybridized carbons (Fsp3) is 0.556. The topological polar surface area (TPSA) is 47.0 Å². The van der Waals surface area contributed by atoms with E-state index >= 15 is 0 Å². The highest BCUT2D eigenvalue weighted by molar-refractivity contribution is 5.11. The molecule has 1 atom stereocenters. The standard InChI is InChI=1S/C9H8F5N3O/c10-8(11)4-15-3-6(8)18-7-16-1-5(2-17-7)9(12,13)14/h1-2,6,15H,3-4H2/t6-/m0/s1. The minimum atomic E-state index is -4.57. The van der Waals surface area contributed by atoms with Gasteiger partial charge in [0.1, 0.15) is 0 Å². The van der Waals surface area contributed by atoms with Gasteiger partial charge in [0.05, 0.1) is 12.1 Å². The third-order valence-electron chi connectivity index (χ3n) is 2.36. The number of hydrogen-bond donors (Lipinski definition) is 1. The molecule has 1 aromatic heterocycles. The van der Waals surface area contributed by atoms with Crippen LogP contribution in [0.1, 0.15) is 5.56 Å². The molecule has 9 heteroatoms. The number of alkyl halides is 5. The lowest BCUT2D eigenvalue weighted by atomic mass is 10.2. The van der Waals surface area contributed by atoms with Crippen LogP contribution in [0.2, 0.25) is 0 Å². The normalized spacial score (nSPS) is 23.1. The highest BCUT2D eigenvalue weighted by atomic mass is 19.4. The van der Waals surface area contributed by atoms with Crippen LogP contribution < -0.4 is 10.1 Å². The first kappa shape index (κ1) is 12.9. The largest absolute Gasteiger partial charge is 0.452 e. The zero-order valence-electron chi connectivity index (χ0n) is 8.84. The van der Waals surface area contributed by atoms with Gasteiger partial charge in [0.2, 0.25) is 0 Å². The Bertz CT molecular complexity index is 419. The molecule has 1 aromatic rings. The molecule has 0 amide bonds. The summed E-state index contributed by atoms with van der Waals surface area (Å²) in [7, 11) is 0. The maximum absolute atomic E-state index is 13.1. The summed E-state index contributed by atoms with van der Waals surface area (Å²) in [5, 5.41) is 2.41. The van der Waals surface area contributed by atoms with Crippen molar-refractivity contribution < 1.29 is 26.7 Å². The predicted molar refractivity (Wildman–Crippen MR) is 49.3 cm³/mol. The SMILES string of the molecule is FC(F)(F)c1cnc(O[C@H]2CNCC2(F)F)nc1. The number of ether oxygens (including phenoxy) is 1. The molecule has 1 saturated heterocycles. The summed E-state index contributed by atoms with van der Waals surface area (Å²) >= 11 is 0. The van der Waals surface area contributed by atoms with Crippen LogP contribution in [-0.4, -0.2) is 35.1 Å². The second-order valence-corrected chi connectivity index (χ2v) is 3.75. The summed E-state index contributed by atoms with van der Waals surface area (Å²) in [6, 6.07) is -0.503. The van der Waals surface area contributed by atoms with Crippen molar-refractivity contribution in [2.75, 3.05) is 13.1 Å². The molecule has 1 aliphatic heterocycles. The first-order valence-corrected chi connectivity index (χ1v) is 4.93. The molecule has 1 aliphatic rings. The Balaban J connectivity index is 2.07. The van der Waals surface area contributed by atoms with Crippen LogP contribution in [-0.2, 0) is 6.18 Å². The molecule has 0 saturated carbocycles. The Labute approximate surface area is 98.2 Å². The average Bonchev–Trinajstić information content (AvgIpc) is 2.58. The third-order valence-corrected chi connectivity index (χ3v) is 2.36. The smallest absolute Gasteiger partial charge is 0.419 e. The van der Waals surface area contributed by atoms with Crippen molar-refractivity contribution >= 4 is 0 Å². The Kier molecular flexibility index (Phi) is 3.09. The first-order chi connectivity index (χ1) is 8.29. The van der Waals surface area contributed by atoms with Crippen molar-refractivity contribution in [3.63, 3.8) is 0 Å². The van der Waals surface area contributed by atoms with Crippen LogP contribution in [0.25, 0.3) is 0 Å². The molecule has 0 bridgehead atoms. The minimum absolute atomic E-state index is 0.114. The molecule has 18 heavy (non-hydrogen) atoms. The van der Waals surface area contributed by atoms with Gasteiger partial charge in [0, 0.05) is 18.9 Å². The molecule has 1 N–H and O–H groups in total. The Hall–Kier alpha value is -1.51. The summed E-state index contributed by atoms with van der Waals surface area (Å²) in [6.07, 6.45) is -5.07. The molecule has 4 nitrogen and oxygen atoms in total. The van der Waals surface area contributed by atoms with Crippen LogP contribution in [0, 0.1) is 0 Å². The Morgan fingerprint density at radius 1 is 1.28 bits per heavy atom. The Morgan fingerprint density at radius 3 is 2.33 bits per heavy atom. The molecular weight excluding hydrogens is 261 g/mol. The maximum atomic E-state index is 13.1. The molecule has 100 valence electrons. The van der Waals surface area contributed by atoms with Gasteiger partial charge in [-0.05, 0) is 0 Å². The monoisotopic (exact) mass is 269 g/mol. The zero-order valence-corrected chi connectivity index (χ0v) is 8.84. The van der Waals surface area contributed by atoms with Gasteiger partial charge < -0.3 is 10.1 Å². The fourth-order valence-electron chi connectivity index (χ4n) is 1.41. The van der Waals surface area contributed by atoms with Crippen LogP contribution >= 0.6 is 0 Å². The van der Waals surface area contributed by atoms with Gasteiger partial charge in [0.15, 0.2) is 6.10 Å². The van der Waals surface area contributed by atoms with E-state index in [0.29, 0.717) is 12.4 Å². The quantitative estimate of drug-likeness (QED) is 0.826. The van der Waals surface area contributed by atoms with E-state index in [2.05, 4.69) is 15.3 Å². The number of nitrogens with zero attached hydrogens (tertiary/aromatic N) is 2. The van der Waals surface area contributed by atoms with E-state index in [1.54, 1.807) is 0 Å². The fourth-order valence-corrected chi connectivity index (χ4v) is 1.41. The number of hydrogen-bond acceptors (Lipinski definition) is 4. The van der Waals surface area contributed by atoms with Crippen molar-refractivity contribution in [1.29, 1.82) is 0 Å². The van der Waals surface area contributed by atoms with Crippen molar-refractivity contribution in [2.45, 2.75) is 18.2 Å². The van der Waals surface area contributed by atoms with E-state index in [-0.39, 0.29) is 6.54 Å². The van der Waals surface area contributed by atoms with Gasteiger partial charge in [-0.1, -0.05) is 0 Å². The minimum Gasteiger partial charge on any atom is -0.452 e. The Morgan fingerprint density at radius 2 is 1.89 bits per heavy atom. The van der Waals surface area contributed by atoms with E-state index in [9.17, 15) is 22.0 Å². The lowest BCUT2D eigenvalue weighted by molar-refractivity contribution is -0.138. The molecular formula is C9H8F5N3O. The van der Waals surface area contributed by atoms with Gasteiger partial charge in [0.25, 0.3) is 5.92 Å². The number of nitrogens with one attached hydrogen (secondary N) is 1. The highest BCUT2D eigenvalue weighted by Gasteiger charge is 2.46. The molecule has 2 heterocycles. The van der Waals surface area contributed by atoms with Crippen molar-refractivity contribution in [2.24, 2.45) is 0 Å². The summed E-state index contributed by atoms with van der Waals surface area (Å²) in [5.41, 5.74) is -1.06. The summed E-state index contributed by atoms with van der Waals surface area (Å²) < 4.78 is 67.6. The third kappa shape index (κ3) is 2.66. The molecule has 0 aliphatic carbocycles. The summed E-state index contributed by atoms with van der Waals surface area (Å²) in [5.74, 6) is -3.09. The molecule has 0 spiro atoms. The van der Waals surface area contributed by atoms with Crippen molar-refractivity contribution in [1.82, 2.24) is 15.3 Å². The van der Waals surface area contributed by atoms with Crippen molar-refractivity contribution in [3.8, 4) is 6.01 Å². The van der Waals surface area contributed by atoms with Gasteiger partial charge >= 0.3 is 12.2 Å². The van der Waals surface area contributed by atoms with Crippen LogP contribution in [0.15, 0.2) is 12.4 Å². The number of halogens is 5. The van der Waals surface area contributed by atoms with Gasteiger partial charge in [-0.15, -0.1) is 0 Å². The van der Waals surface area contributed by atoms with Crippen LogP contribution in [0.5, 0.6) is 6.01 Å². The van der Waals surface area contributed by atoms with Crippen molar-refractivity contribution in [3.05, 3.63) is 18.0 Å². The molecule has 0 radical (unpaired) electrons. The predicted octanol–water partition coefficient (Wildman–Crippen LogP) is 1.48. The number of rotatable bonds is 2. The lowest BCUT2D eigenvalue weighted by Crippen LogP contribution is -2.37. The van der Waals surface area contributed by atoms with Gasteiger partial charge in [-0.3, -0.25) is 0 Å². The van der Waals surface area contributed by atoms with E-state index in [4.69, 9.17) is 4.74 Å². The first-order valence-electron chi connectivity index (χ1n) is 4.93. The summed E-state index contributed by atoms with van der Waals surface area (Å²) in [6.45, 7) is -0.657.